The minimum atomic E-state index is -0.698. The van der Waals surface area contributed by atoms with Crippen LogP contribution in [0.1, 0.15) is 18.4 Å². The summed E-state index contributed by atoms with van der Waals surface area (Å²) < 4.78 is 0. The molecule has 0 heterocycles. The van der Waals surface area contributed by atoms with E-state index in [9.17, 15) is 9.59 Å². The highest BCUT2D eigenvalue weighted by molar-refractivity contribution is 6.31. The first-order valence-corrected chi connectivity index (χ1v) is 6.81. The van der Waals surface area contributed by atoms with Crippen molar-refractivity contribution < 1.29 is 14.7 Å². The number of urea groups is 1. The number of halogens is 1. The molecule has 8 heteroatoms. The number of rotatable bonds is 7. The largest absolute Gasteiger partial charge is 0.392 e. The number of carbonyl (C=O) groups is 2. The van der Waals surface area contributed by atoms with Gasteiger partial charge in [0, 0.05) is 17.3 Å². The Hall–Kier alpha value is -1.83. The van der Waals surface area contributed by atoms with Gasteiger partial charge in [-0.3, -0.25) is 4.79 Å². The number of carbonyl (C=O) groups excluding carboxylic acids is 2. The molecule has 0 saturated heterocycles. The van der Waals surface area contributed by atoms with Crippen molar-refractivity contribution >= 4 is 29.2 Å². The van der Waals surface area contributed by atoms with E-state index in [4.69, 9.17) is 28.2 Å². The first-order valence-electron chi connectivity index (χ1n) is 6.43. The van der Waals surface area contributed by atoms with Gasteiger partial charge in [-0.2, -0.15) is 0 Å². The van der Waals surface area contributed by atoms with Gasteiger partial charge in [0.25, 0.3) is 0 Å². The first kappa shape index (κ1) is 17.2. The average molecular weight is 315 g/mol. The molecule has 0 spiro atoms. The highest BCUT2D eigenvalue weighted by atomic mass is 35.5. The quantitative estimate of drug-likeness (QED) is 0.470. The van der Waals surface area contributed by atoms with Gasteiger partial charge in [0.15, 0.2) is 0 Å². The molecule has 116 valence electrons. The van der Waals surface area contributed by atoms with Gasteiger partial charge in [-0.1, -0.05) is 17.7 Å². The molecular weight excluding hydrogens is 296 g/mol. The van der Waals surface area contributed by atoms with Crippen molar-refractivity contribution in [2.24, 2.45) is 11.5 Å². The predicted molar refractivity (Wildman–Crippen MR) is 80.8 cm³/mol. The number of hydrogen-bond donors (Lipinski definition) is 5. The smallest absolute Gasteiger partial charge is 0.312 e. The van der Waals surface area contributed by atoms with Crippen LogP contribution in [-0.2, 0) is 11.4 Å². The summed E-state index contributed by atoms with van der Waals surface area (Å²) in [6.45, 7) is 0.201. The van der Waals surface area contributed by atoms with Crippen LogP contribution in [0.4, 0.5) is 10.5 Å². The monoisotopic (exact) mass is 314 g/mol. The van der Waals surface area contributed by atoms with Crippen LogP contribution < -0.4 is 22.1 Å². The lowest BCUT2D eigenvalue weighted by Crippen LogP contribution is -2.37. The molecule has 1 atom stereocenters. The molecule has 0 aromatic heterocycles. The Morgan fingerprint density at radius 2 is 2.10 bits per heavy atom. The van der Waals surface area contributed by atoms with Crippen molar-refractivity contribution in [3.05, 3.63) is 28.8 Å². The van der Waals surface area contributed by atoms with E-state index >= 15 is 0 Å². The van der Waals surface area contributed by atoms with Crippen LogP contribution in [0.5, 0.6) is 0 Å². The summed E-state index contributed by atoms with van der Waals surface area (Å²) in [4.78, 5) is 22.3. The van der Waals surface area contributed by atoms with Gasteiger partial charge in [-0.05, 0) is 30.5 Å². The molecule has 7 nitrogen and oxygen atoms in total. The molecule has 0 unspecified atom stereocenters. The number of amides is 3. The SMILES string of the molecule is NC(=O)NCCC[C@H](N)C(=O)Nc1ccc(CO)c(Cl)c1. The number of primary amides is 1. The van der Waals surface area contributed by atoms with Gasteiger partial charge in [-0.25, -0.2) is 4.79 Å². The van der Waals surface area contributed by atoms with E-state index in [1.165, 1.54) is 0 Å². The molecule has 3 amide bonds. The van der Waals surface area contributed by atoms with E-state index < -0.39 is 12.1 Å². The summed E-state index contributed by atoms with van der Waals surface area (Å²) in [6, 6.07) is 3.51. The van der Waals surface area contributed by atoms with Crippen molar-refractivity contribution in [3.63, 3.8) is 0 Å². The zero-order valence-corrected chi connectivity index (χ0v) is 12.2. The summed E-state index contributed by atoms with van der Waals surface area (Å²) in [5, 5.41) is 14.4. The maximum Gasteiger partial charge on any atom is 0.312 e. The van der Waals surface area contributed by atoms with E-state index in [0.29, 0.717) is 35.7 Å². The van der Waals surface area contributed by atoms with Crippen molar-refractivity contribution in [1.29, 1.82) is 0 Å². The van der Waals surface area contributed by atoms with Crippen LogP contribution in [0.25, 0.3) is 0 Å². The molecule has 0 radical (unpaired) electrons. The highest BCUT2D eigenvalue weighted by Gasteiger charge is 2.13. The number of aliphatic hydroxyl groups is 1. The second-order valence-electron chi connectivity index (χ2n) is 4.49. The van der Waals surface area contributed by atoms with Crippen LogP contribution in [0.2, 0.25) is 5.02 Å². The lowest BCUT2D eigenvalue weighted by molar-refractivity contribution is -0.117. The number of aliphatic hydroxyl groups excluding tert-OH is 1. The molecule has 0 saturated carbocycles. The summed E-state index contributed by atoms with van der Waals surface area (Å²) in [5.74, 6) is -0.345. The van der Waals surface area contributed by atoms with Crippen molar-refractivity contribution in [3.8, 4) is 0 Å². The number of anilines is 1. The molecule has 1 rings (SSSR count). The minimum Gasteiger partial charge on any atom is -0.392 e. The molecule has 0 aliphatic carbocycles. The highest BCUT2D eigenvalue weighted by Crippen LogP contribution is 2.21. The van der Waals surface area contributed by atoms with Gasteiger partial charge in [0.05, 0.1) is 12.6 Å². The second kappa shape index (κ2) is 8.46. The number of nitrogens with two attached hydrogens (primary N) is 2. The average Bonchev–Trinajstić information content (AvgIpc) is 2.43. The summed E-state index contributed by atoms with van der Waals surface area (Å²) >= 11 is 5.93. The molecule has 0 aliphatic rings. The van der Waals surface area contributed by atoms with E-state index in [0.717, 1.165) is 0 Å². The minimum absolute atomic E-state index is 0.167. The van der Waals surface area contributed by atoms with Gasteiger partial charge in [-0.15, -0.1) is 0 Å². The maximum absolute atomic E-state index is 11.9. The Kier molecular flexibility index (Phi) is 6.93. The van der Waals surface area contributed by atoms with Gasteiger partial charge in [0.1, 0.15) is 0 Å². The third-order valence-corrected chi connectivity index (χ3v) is 3.17. The molecule has 21 heavy (non-hydrogen) atoms. The van der Waals surface area contributed by atoms with Crippen LogP contribution in [0.15, 0.2) is 18.2 Å². The van der Waals surface area contributed by atoms with Crippen LogP contribution >= 0.6 is 11.6 Å². The van der Waals surface area contributed by atoms with Crippen molar-refractivity contribution in [2.75, 3.05) is 11.9 Å². The molecule has 0 aliphatic heterocycles. The van der Waals surface area contributed by atoms with Crippen molar-refractivity contribution in [1.82, 2.24) is 5.32 Å². The Morgan fingerprint density at radius 3 is 2.67 bits per heavy atom. The number of hydrogen-bond acceptors (Lipinski definition) is 4. The Bertz CT molecular complexity index is 510. The summed E-state index contributed by atoms with van der Waals surface area (Å²) in [5.41, 5.74) is 11.8. The van der Waals surface area contributed by atoms with Crippen molar-refractivity contribution in [2.45, 2.75) is 25.5 Å². The molecule has 1 aromatic rings. The Morgan fingerprint density at radius 1 is 1.38 bits per heavy atom. The fourth-order valence-electron chi connectivity index (χ4n) is 1.65. The predicted octanol–water partition coefficient (Wildman–Crippen LogP) is 0.547. The maximum atomic E-state index is 11.9. The van der Waals surface area contributed by atoms with E-state index in [2.05, 4.69) is 10.6 Å². The Labute approximate surface area is 127 Å². The second-order valence-corrected chi connectivity index (χ2v) is 4.90. The zero-order valence-electron chi connectivity index (χ0n) is 11.4. The zero-order chi connectivity index (χ0) is 15.8. The van der Waals surface area contributed by atoms with E-state index in [1.807, 2.05) is 0 Å². The van der Waals surface area contributed by atoms with Gasteiger partial charge >= 0.3 is 6.03 Å². The molecule has 1 aromatic carbocycles. The van der Waals surface area contributed by atoms with Crippen LogP contribution in [0, 0.1) is 0 Å². The summed E-state index contributed by atoms with van der Waals surface area (Å²) in [7, 11) is 0. The fourth-order valence-corrected chi connectivity index (χ4v) is 1.89. The number of nitrogens with one attached hydrogen (secondary N) is 2. The number of benzene rings is 1. The molecular formula is C13H19ClN4O3. The standard InChI is InChI=1S/C13H19ClN4O3/c14-10-6-9(4-3-8(10)7-19)18-12(20)11(15)2-1-5-17-13(16)21/h3-4,6,11,19H,1-2,5,7,15H2,(H,18,20)(H3,16,17,21)/t11-/m0/s1. The lowest BCUT2D eigenvalue weighted by atomic mass is 10.1. The topological polar surface area (TPSA) is 130 Å². The van der Waals surface area contributed by atoms with Crippen LogP contribution in [-0.4, -0.2) is 29.6 Å². The first-order chi connectivity index (χ1) is 9.93. The third kappa shape index (κ3) is 5.99. The lowest BCUT2D eigenvalue weighted by Gasteiger charge is -2.13. The van der Waals surface area contributed by atoms with Gasteiger partial charge < -0.3 is 27.2 Å². The third-order valence-electron chi connectivity index (χ3n) is 2.82. The Balaban J connectivity index is 2.44. The molecule has 0 bridgehead atoms. The molecule has 0 fully saturated rings. The van der Waals surface area contributed by atoms with Crippen LogP contribution in [0.3, 0.4) is 0 Å². The molecule has 7 N–H and O–H groups in total. The fraction of sp³-hybridized carbons (Fsp3) is 0.385. The van der Waals surface area contributed by atoms with E-state index in [-0.39, 0.29) is 12.5 Å². The normalized spacial score (nSPS) is 11.8. The summed E-state index contributed by atoms with van der Waals surface area (Å²) in [6.07, 6.45) is 0.955. The van der Waals surface area contributed by atoms with Gasteiger partial charge in [0.2, 0.25) is 5.91 Å². The van der Waals surface area contributed by atoms with E-state index in [1.54, 1.807) is 18.2 Å².